The highest BCUT2D eigenvalue weighted by Crippen LogP contribution is 2.41. The van der Waals surface area contributed by atoms with Gasteiger partial charge in [-0.15, -0.1) is 20.4 Å². The Labute approximate surface area is 142 Å². The van der Waals surface area contributed by atoms with Gasteiger partial charge in [0.05, 0.1) is 5.25 Å². The van der Waals surface area contributed by atoms with E-state index < -0.39 is 0 Å². The molecule has 24 heavy (non-hydrogen) atoms. The molecular formula is C16H16FN5OS. The standard InChI is InChI=1S/C16H16FN5OS/c1-9(24-16-21-18-13(22(16)2)10-3-4-10)14-19-20-15(23-14)11-5-7-12(17)8-6-11/h5-10H,3-4H2,1-2H3. The fourth-order valence-corrected chi connectivity index (χ4v) is 3.29. The lowest BCUT2D eigenvalue weighted by Gasteiger charge is -2.06. The van der Waals surface area contributed by atoms with Crippen LogP contribution in [0.5, 0.6) is 0 Å². The number of thioether (sulfide) groups is 1. The lowest BCUT2D eigenvalue weighted by atomic mass is 10.2. The molecular weight excluding hydrogens is 329 g/mol. The molecule has 0 radical (unpaired) electrons. The Morgan fingerprint density at radius 1 is 1.17 bits per heavy atom. The van der Waals surface area contributed by atoms with Crippen LogP contribution in [0.4, 0.5) is 4.39 Å². The number of hydrogen-bond acceptors (Lipinski definition) is 6. The minimum atomic E-state index is -0.295. The van der Waals surface area contributed by atoms with Crippen molar-refractivity contribution in [1.82, 2.24) is 25.0 Å². The van der Waals surface area contributed by atoms with Crippen LogP contribution in [0.1, 0.15) is 42.6 Å². The van der Waals surface area contributed by atoms with Crippen LogP contribution < -0.4 is 0 Å². The van der Waals surface area contributed by atoms with Crippen LogP contribution in [0.3, 0.4) is 0 Å². The maximum atomic E-state index is 13.0. The van der Waals surface area contributed by atoms with E-state index >= 15 is 0 Å². The molecule has 3 aromatic rings. The van der Waals surface area contributed by atoms with Crippen LogP contribution in [-0.2, 0) is 7.05 Å². The Kier molecular flexibility index (Phi) is 3.84. The highest BCUT2D eigenvalue weighted by molar-refractivity contribution is 7.99. The quantitative estimate of drug-likeness (QED) is 0.656. The van der Waals surface area contributed by atoms with Crippen LogP contribution >= 0.6 is 11.8 Å². The van der Waals surface area contributed by atoms with Gasteiger partial charge in [0.25, 0.3) is 0 Å². The molecule has 124 valence electrons. The molecule has 0 aliphatic heterocycles. The maximum Gasteiger partial charge on any atom is 0.247 e. The van der Waals surface area contributed by atoms with Crippen LogP contribution in [0, 0.1) is 5.82 Å². The average molecular weight is 345 g/mol. The molecule has 8 heteroatoms. The Balaban J connectivity index is 1.50. The smallest absolute Gasteiger partial charge is 0.247 e. The first kappa shape index (κ1) is 15.3. The van der Waals surface area contributed by atoms with E-state index in [0.717, 1.165) is 11.0 Å². The molecule has 1 unspecified atom stereocenters. The van der Waals surface area contributed by atoms with Gasteiger partial charge in [-0.3, -0.25) is 0 Å². The number of benzene rings is 1. The van der Waals surface area contributed by atoms with E-state index in [1.165, 1.54) is 36.7 Å². The number of nitrogens with zero attached hydrogens (tertiary/aromatic N) is 5. The Morgan fingerprint density at radius 2 is 1.92 bits per heavy atom. The van der Waals surface area contributed by atoms with Crippen molar-refractivity contribution in [3.8, 4) is 11.5 Å². The Morgan fingerprint density at radius 3 is 2.62 bits per heavy atom. The molecule has 0 amide bonds. The van der Waals surface area contributed by atoms with Gasteiger partial charge < -0.3 is 8.98 Å². The van der Waals surface area contributed by atoms with Gasteiger partial charge in [0, 0.05) is 18.5 Å². The van der Waals surface area contributed by atoms with Crippen molar-refractivity contribution < 1.29 is 8.81 Å². The third kappa shape index (κ3) is 2.93. The normalized spacial score (nSPS) is 15.6. The van der Waals surface area contributed by atoms with Crippen LogP contribution in [0.25, 0.3) is 11.5 Å². The molecule has 6 nitrogen and oxygen atoms in total. The summed E-state index contributed by atoms with van der Waals surface area (Å²) < 4.78 is 20.8. The van der Waals surface area contributed by atoms with Gasteiger partial charge in [0.15, 0.2) is 5.16 Å². The van der Waals surface area contributed by atoms with Gasteiger partial charge in [-0.05, 0) is 44.0 Å². The minimum absolute atomic E-state index is 0.0540. The minimum Gasteiger partial charge on any atom is -0.419 e. The topological polar surface area (TPSA) is 69.6 Å². The lowest BCUT2D eigenvalue weighted by Crippen LogP contribution is -1.98. The fourth-order valence-electron chi connectivity index (χ4n) is 2.44. The third-order valence-corrected chi connectivity index (χ3v) is 5.09. The van der Waals surface area contributed by atoms with E-state index in [-0.39, 0.29) is 11.1 Å². The largest absolute Gasteiger partial charge is 0.419 e. The summed E-state index contributed by atoms with van der Waals surface area (Å²) >= 11 is 1.53. The summed E-state index contributed by atoms with van der Waals surface area (Å²) in [4.78, 5) is 0. The summed E-state index contributed by atoms with van der Waals surface area (Å²) in [5.74, 6) is 2.20. The number of aromatic nitrogens is 5. The van der Waals surface area contributed by atoms with Crippen LogP contribution in [0.2, 0.25) is 0 Å². The molecule has 2 heterocycles. The number of hydrogen-bond donors (Lipinski definition) is 0. The molecule has 1 aliphatic rings. The molecule has 2 aromatic heterocycles. The van der Waals surface area contributed by atoms with Crippen molar-refractivity contribution in [3.63, 3.8) is 0 Å². The fraction of sp³-hybridized carbons (Fsp3) is 0.375. The summed E-state index contributed by atoms with van der Waals surface area (Å²) in [7, 11) is 1.99. The second kappa shape index (κ2) is 6.01. The maximum absolute atomic E-state index is 13.0. The molecule has 1 aliphatic carbocycles. The number of halogens is 1. The van der Waals surface area contributed by atoms with Gasteiger partial charge in [0.1, 0.15) is 11.6 Å². The van der Waals surface area contributed by atoms with Crippen molar-refractivity contribution in [2.75, 3.05) is 0 Å². The third-order valence-electron chi connectivity index (χ3n) is 3.97. The Hall–Kier alpha value is -2.22. The Bertz CT molecular complexity index is 856. The predicted octanol–water partition coefficient (Wildman–Crippen LogP) is 3.73. The van der Waals surface area contributed by atoms with Gasteiger partial charge in [-0.1, -0.05) is 11.8 Å². The number of rotatable bonds is 5. The summed E-state index contributed by atoms with van der Waals surface area (Å²) in [5, 5.41) is 17.5. The molecule has 4 rings (SSSR count). The molecule has 1 atom stereocenters. The lowest BCUT2D eigenvalue weighted by molar-refractivity contribution is 0.508. The summed E-state index contributed by atoms with van der Waals surface area (Å²) in [5.41, 5.74) is 0.696. The second-order valence-electron chi connectivity index (χ2n) is 5.89. The first-order chi connectivity index (χ1) is 11.6. The van der Waals surface area contributed by atoms with E-state index in [1.54, 1.807) is 12.1 Å². The van der Waals surface area contributed by atoms with E-state index in [2.05, 4.69) is 20.4 Å². The molecule has 1 aromatic carbocycles. The summed E-state index contributed by atoms with van der Waals surface area (Å²) in [6.45, 7) is 1.98. The van der Waals surface area contributed by atoms with E-state index in [9.17, 15) is 4.39 Å². The van der Waals surface area contributed by atoms with E-state index in [4.69, 9.17) is 4.42 Å². The summed E-state index contributed by atoms with van der Waals surface area (Å²) in [6, 6.07) is 5.98. The second-order valence-corrected chi connectivity index (χ2v) is 7.19. The van der Waals surface area contributed by atoms with Crippen molar-refractivity contribution in [2.24, 2.45) is 7.05 Å². The molecule has 1 fully saturated rings. The van der Waals surface area contributed by atoms with Gasteiger partial charge in [-0.25, -0.2) is 4.39 Å². The van der Waals surface area contributed by atoms with Gasteiger partial charge in [-0.2, -0.15) is 0 Å². The molecule has 0 N–H and O–H groups in total. The summed E-state index contributed by atoms with van der Waals surface area (Å²) in [6.07, 6.45) is 2.38. The van der Waals surface area contributed by atoms with Crippen LogP contribution in [-0.4, -0.2) is 25.0 Å². The highest BCUT2D eigenvalue weighted by atomic mass is 32.2. The van der Waals surface area contributed by atoms with Crippen molar-refractivity contribution >= 4 is 11.8 Å². The zero-order chi connectivity index (χ0) is 16.7. The van der Waals surface area contributed by atoms with Gasteiger partial charge in [0.2, 0.25) is 11.8 Å². The molecule has 0 bridgehead atoms. The average Bonchev–Trinajstić information content (AvgIpc) is 3.18. The highest BCUT2D eigenvalue weighted by Gasteiger charge is 2.30. The first-order valence-corrected chi connectivity index (χ1v) is 8.65. The first-order valence-electron chi connectivity index (χ1n) is 7.77. The SMILES string of the molecule is CC(Sc1nnc(C2CC2)n1C)c1nnc(-c2ccc(F)cc2)o1. The van der Waals surface area contributed by atoms with Crippen LogP contribution in [0.15, 0.2) is 33.8 Å². The zero-order valence-electron chi connectivity index (χ0n) is 13.3. The van der Waals surface area contributed by atoms with Crippen molar-refractivity contribution in [1.29, 1.82) is 0 Å². The monoisotopic (exact) mass is 345 g/mol. The molecule has 0 spiro atoms. The van der Waals surface area contributed by atoms with Crippen molar-refractivity contribution in [2.45, 2.75) is 36.1 Å². The van der Waals surface area contributed by atoms with Crippen molar-refractivity contribution in [3.05, 3.63) is 41.8 Å². The molecule has 0 saturated heterocycles. The van der Waals surface area contributed by atoms with E-state index in [1.807, 2.05) is 18.5 Å². The predicted molar refractivity (Wildman–Crippen MR) is 86.9 cm³/mol. The molecule has 1 saturated carbocycles. The van der Waals surface area contributed by atoms with E-state index in [0.29, 0.717) is 23.3 Å². The zero-order valence-corrected chi connectivity index (χ0v) is 14.1. The van der Waals surface area contributed by atoms with Gasteiger partial charge >= 0.3 is 0 Å².